The second-order valence-electron chi connectivity index (χ2n) is 8.36. The van der Waals surface area contributed by atoms with Crippen LogP contribution < -0.4 is 5.32 Å². The molecule has 2 N–H and O–H groups in total. The molecule has 1 saturated heterocycles. The lowest BCUT2D eigenvalue weighted by Gasteiger charge is -2.44. The van der Waals surface area contributed by atoms with Crippen molar-refractivity contribution in [2.24, 2.45) is 11.3 Å². The summed E-state index contributed by atoms with van der Waals surface area (Å²) in [6.07, 6.45) is 8.84. The Kier molecular flexibility index (Phi) is 6.10. The summed E-state index contributed by atoms with van der Waals surface area (Å²) in [6, 6.07) is 0. The first-order chi connectivity index (χ1) is 9.91. The lowest BCUT2D eigenvalue weighted by molar-refractivity contribution is -0.0200. The fourth-order valence-electron chi connectivity index (χ4n) is 3.99. The second kappa shape index (κ2) is 7.43. The SMILES string of the molecule is CC(C)CNCC1(CN2CCC(C)(O)CC2)CCCCC1. The molecule has 2 aliphatic rings. The molecule has 1 heterocycles. The van der Waals surface area contributed by atoms with Gasteiger partial charge in [0.25, 0.3) is 0 Å². The van der Waals surface area contributed by atoms with Crippen molar-refractivity contribution in [3.63, 3.8) is 0 Å². The zero-order chi connectivity index (χ0) is 15.3. The third kappa shape index (κ3) is 5.54. The molecule has 0 aromatic carbocycles. The maximum Gasteiger partial charge on any atom is 0.0644 e. The Labute approximate surface area is 131 Å². The summed E-state index contributed by atoms with van der Waals surface area (Å²) in [6.45, 7) is 12.2. The van der Waals surface area contributed by atoms with E-state index in [0.29, 0.717) is 5.41 Å². The van der Waals surface area contributed by atoms with Crippen molar-refractivity contribution in [3.05, 3.63) is 0 Å². The molecule has 1 aliphatic heterocycles. The molecule has 3 heteroatoms. The van der Waals surface area contributed by atoms with Crippen LogP contribution in [0.3, 0.4) is 0 Å². The summed E-state index contributed by atoms with van der Waals surface area (Å²) in [5.74, 6) is 0.732. The molecule has 0 atom stereocenters. The normalized spacial score (nSPS) is 26.1. The highest BCUT2D eigenvalue weighted by Gasteiger charge is 2.36. The molecule has 124 valence electrons. The fraction of sp³-hybridized carbons (Fsp3) is 1.00. The van der Waals surface area contributed by atoms with Crippen LogP contribution in [0.15, 0.2) is 0 Å². The highest BCUT2D eigenvalue weighted by atomic mass is 16.3. The molecule has 2 fully saturated rings. The van der Waals surface area contributed by atoms with E-state index in [0.717, 1.165) is 38.4 Å². The average molecular weight is 296 g/mol. The van der Waals surface area contributed by atoms with Gasteiger partial charge in [0.1, 0.15) is 0 Å². The van der Waals surface area contributed by atoms with Crippen molar-refractivity contribution < 1.29 is 5.11 Å². The molecule has 3 nitrogen and oxygen atoms in total. The third-order valence-electron chi connectivity index (χ3n) is 5.46. The molecule has 1 aliphatic carbocycles. The number of hydrogen-bond donors (Lipinski definition) is 2. The molecule has 0 bridgehead atoms. The molecule has 0 unspecified atom stereocenters. The standard InChI is InChI=1S/C18H36N2O/c1-16(2)13-19-14-18(7-5-4-6-8-18)15-20-11-9-17(3,21)10-12-20/h16,19,21H,4-15H2,1-3H3. The maximum atomic E-state index is 10.1. The van der Waals surface area contributed by atoms with Gasteiger partial charge in [-0.3, -0.25) is 0 Å². The van der Waals surface area contributed by atoms with Gasteiger partial charge in [-0.05, 0) is 50.5 Å². The molecule has 1 saturated carbocycles. The molecule has 0 aromatic rings. The van der Waals surface area contributed by atoms with E-state index in [1.54, 1.807) is 0 Å². The van der Waals surface area contributed by atoms with Crippen molar-refractivity contribution in [1.29, 1.82) is 0 Å². The summed E-state index contributed by atoms with van der Waals surface area (Å²) in [5, 5.41) is 13.9. The highest BCUT2D eigenvalue weighted by Crippen LogP contribution is 2.37. The van der Waals surface area contributed by atoms with Crippen molar-refractivity contribution in [3.8, 4) is 0 Å². The van der Waals surface area contributed by atoms with Gasteiger partial charge < -0.3 is 15.3 Å². The van der Waals surface area contributed by atoms with Gasteiger partial charge in [-0.25, -0.2) is 0 Å². The monoisotopic (exact) mass is 296 g/mol. The van der Waals surface area contributed by atoms with E-state index < -0.39 is 5.60 Å². The van der Waals surface area contributed by atoms with Crippen molar-refractivity contribution >= 4 is 0 Å². The van der Waals surface area contributed by atoms with E-state index in [-0.39, 0.29) is 0 Å². The van der Waals surface area contributed by atoms with E-state index in [2.05, 4.69) is 24.1 Å². The van der Waals surface area contributed by atoms with Gasteiger partial charge in [-0.2, -0.15) is 0 Å². The number of piperidine rings is 1. The van der Waals surface area contributed by atoms with Gasteiger partial charge in [0.2, 0.25) is 0 Å². The molecular weight excluding hydrogens is 260 g/mol. The first kappa shape index (κ1) is 17.2. The van der Waals surface area contributed by atoms with Gasteiger partial charge in [0.15, 0.2) is 0 Å². The Morgan fingerprint density at radius 2 is 1.67 bits per heavy atom. The molecule has 0 aromatic heterocycles. The van der Waals surface area contributed by atoms with Crippen LogP contribution in [0, 0.1) is 11.3 Å². The highest BCUT2D eigenvalue weighted by molar-refractivity contribution is 4.90. The van der Waals surface area contributed by atoms with Crippen molar-refractivity contribution in [2.75, 3.05) is 32.7 Å². The third-order valence-corrected chi connectivity index (χ3v) is 5.46. The minimum Gasteiger partial charge on any atom is -0.390 e. The van der Waals surface area contributed by atoms with Crippen LogP contribution >= 0.6 is 0 Å². The average Bonchev–Trinajstić information content (AvgIpc) is 2.42. The zero-order valence-electron chi connectivity index (χ0n) is 14.5. The van der Waals surface area contributed by atoms with Crippen LogP contribution in [-0.2, 0) is 0 Å². The molecule has 0 amide bonds. The number of rotatable bonds is 6. The topological polar surface area (TPSA) is 35.5 Å². The summed E-state index contributed by atoms with van der Waals surface area (Å²) < 4.78 is 0. The summed E-state index contributed by atoms with van der Waals surface area (Å²) in [4.78, 5) is 2.61. The Balaban J connectivity index is 1.87. The largest absolute Gasteiger partial charge is 0.390 e. The van der Waals surface area contributed by atoms with Gasteiger partial charge in [0.05, 0.1) is 5.60 Å². The number of hydrogen-bond acceptors (Lipinski definition) is 3. The zero-order valence-corrected chi connectivity index (χ0v) is 14.5. The first-order valence-corrected chi connectivity index (χ1v) is 9.06. The van der Waals surface area contributed by atoms with E-state index in [9.17, 15) is 5.11 Å². The molecular formula is C18H36N2O. The molecule has 21 heavy (non-hydrogen) atoms. The number of nitrogens with one attached hydrogen (secondary N) is 1. The van der Waals surface area contributed by atoms with Gasteiger partial charge >= 0.3 is 0 Å². The number of aliphatic hydroxyl groups is 1. The minimum atomic E-state index is -0.424. The van der Waals surface area contributed by atoms with Crippen LogP contribution in [0.5, 0.6) is 0 Å². The van der Waals surface area contributed by atoms with E-state index >= 15 is 0 Å². The van der Waals surface area contributed by atoms with E-state index in [1.807, 2.05) is 6.92 Å². The van der Waals surface area contributed by atoms with Crippen LogP contribution in [0.25, 0.3) is 0 Å². The molecule has 0 spiro atoms. The van der Waals surface area contributed by atoms with E-state index in [4.69, 9.17) is 0 Å². The lowest BCUT2D eigenvalue weighted by Crippen LogP contribution is -2.50. The molecule has 0 radical (unpaired) electrons. The van der Waals surface area contributed by atoms with Crippen LogP contribution in [0.2, 0.25) is 0 Å². The van der Waals surface area contributed by atoms with Crippen molar-refractivity contribution in [2.45, 2.75) is 71.3 Å². The number of nitrogens with zero attached hydrogens (tertiary/aromatic N) is 1. The second-order valence-corrected chi connectivity index (χ2v) is 8.36. The Morgan fingerprint density at radius 1 is 1.05 bits per heavy atom. The number of likely N-dealkylation sites (tertiary alicyclic amines) is 1. The maximum absolute atomic E-state index is 10.1. The predicted octanol–water partition coefficient (Wildman–Crippen LogP) is 3.03. The summed E-state index contributed by atoms with van der Waals surface area (Å²) in [5.41, 5.74) is 0.0580. The summed E-state index contributed by atoms with van der Waals surface area (Å²) in [7, 11) is 0. The van der Waals surface area contributed by atoms with Crippen LogP contribution in [0.4, 0.5) is 0 Å². The van der Waals surface area contributed by atoms with Crippen LogP contribution in [-0.4, -0.2) is 48.3 Å². The van der Waals surface area contributed by atoms with E-state index in [1.165, 1.54) is 45.2 Å². The smallest absolute Gasteiger partial charge is 0.0644 e. The van der Waals surface area contributed by atoms with Gasteiger partial charge in [-0.15, -0.1) is 0 Å². The Hall–Kier alpha value is -0.120. The van der Waals surface area contributed by atoms with Crippen molar-refractivity contribution in [1.82, 2.24) is 10.2 Å². The lowest BCUT2D eigenvalue weighted by atomic mass is 9.73. The summed E-state index contributed by atoms with van der Waals surface area (Å²) >= 11 is 0. The van der Waals surface area contributed by atoms with Crippen LogP contribution in [0.1, 0.15) is 65.7 Å². The fourth-order valence-corrected chi connectivity index (χ4v) is 3.99. The Morgan fingerprint density at radius 3 is 2.24 bits per heavy atom. The quantitative estimate of drug-likeness (QED) is 0.791. The van der Waals surface area contributed by atoms with Gasteiger partial charge in [0, 0.05) is 26.2 Å². The Bertz CT molecular complexity index is 298. The minimum absolute atomic E-state index is 0.424. The van der Waals surface area contributed by atoms with Gasteiger partial charge in [-0.1, -0.05) is 33.1 Å². The molecule has 2 rings (SSSR count). The predicted molar refractivity (Wildman–Crippen MR) is 89.5 cm³/mol. The first-order valence-electron chi connectivity index (χ1n) is 9.06.